The van der Waals surface area contributed by atoms with E-state index in [1.807, 2.05) is 6.33 Å². The number of aryl methyl sites for hydroxylation is 10. The van der Waals surface area contributed by atoms with Crippen molar-refractivity contribution < 1.29 is 23.4 Å². The zero-order valence-corrected chi connectivity index (χ0v) is 77.1. The zero-order chi connectivity index (χ0) is 85.0. The van der Waals surface area contributed by atoms with Crippen molar-refractivity contribution in [1.82, 2.24) is 48.3 Å². The summed E-state index contributed by atoms with van der Waals surface area (Å²) < 4.78 is 22.6. The fourth-order valence-corrected chi connectivity index (χ4v) is 20.8. The van der Waals surface area contributed by atoms with Crippen molar-refractivity contribution in [2.45, 2.75) is 287 Å². The molecule has 0 N–H and O–H groups in total. The second-order valence-electron chi connectivity index (χ2n) is 38.4. The molecule has 17 rings (SSSR count). The highest BCUT2D eigenvalue weighted by Crippen LogP contribution is 2.57. The molecule has 15 nitrogen and oxygen atoms in total. The highest BCUT2D eigenvalue weighted by molar-refractivity contribution is 5.63. The molecular formula is C101H136N15+5. The molecule has 12 aromatic rings. The maximum Gasteiger partial charge on any atom is 0.351 e. The smallest absolute Gasteiger partial charge is 0.154 e. The Balaban J connectivity index is 0.000000127. The minimum Gasteiger partial charge on any atom is -0.154 e. The predicted molar refractivity (Wildman–Crippen MR) is 471 cm³/mol. The van der Waals surface area contributed by atoms with E-state index in [9.17, 15) is 0 Å². The van der Waals surface area contributed by atoms with Crippen LogP contribution in [0.4, 0.5) is 0 Å². The topological polar surface area (TPSA) is 108 Å². The fraction of sp³-hybridized carbons (Fsp3) is 0.485. The summed E-state index contributed by atoms with van der Waals surface area (Å²) in [5.41, 5.74) is 25.2. The Hall–Kier alpha value is -9.76. The van der Waals surface area contributed by atoms with E-state index < -0.39 is 0 Å². The third kappa shape index (κ3) is 11.9. The van der Waals surface area contributed by atoms with Gasteiger partial charge in [0, 0.05) is 40.9 Å². The molecule has 0 radical (unpaired) electrons. The Morgan fingerprint density at radius 2 is 0.534 bits per heavy atom. The van der Waals surface area contributed by atoms with Gasteiger partial charge in [0.25, 0.3) is 29.1 Å². The predicted octanol–water partition coefficient (Wildman–Crippen LogP) is 19.4. The van der Waals surface area contributed by atoms with Crippen LogP contribution in [0.3, 0.4) is 0 Å². The summed E-state index contributed by atoms with van der Waals surface area (Å²) in [6.45, 7) is 66.3. The van der Waals surface area contributed by atoms with Gasteiger partial charge >= 0.3 is 29.6 Å². The normalized spacial score (nSPS) is 21.7. The number of benzene rings is 7. The number of rotatable bonds is 7. The summed E-state index contributed by atoms with van der Waals surface area (Å²) >= 11 is 0. The maximum absolute atomic E-state index is 5.29. The maximum atomic E-state index is 5.29. The Morgan fingerprint density at radius 3 is 0.828 bits per heavy atom. The minimum atomic E-state index is -0.0529. The van der Waals surface area contributed by atoms with Crippen molar-refractivity contribution in [1.29, 1.82) is 0 Å². The number of hydrogen-bond donors (Lipinski definition) is 0. The van der Waals surface area contributed by atoms with Crippen molar-refractivity contribution in [3.8, 4) is 51.2 Å². The molecule has 5 aliphatic heterocycles. The molecular weight excluding hydrogens is 1420 g/mol. The van der Waals surface area contributed by atoms with Gasteiger partial charge in [0.1, 0.15) is 35.2 Å². The van der Waals surface area contributed by atoms with Crippen LogP contribution in [-0.2, 0) is 89.4 Å². The summed E-state index contributed by atoms with van der Waals surface area (Å²) in [5, 5.41) is 0. The van der Waals surface area contributed by atoms with Crippen molar-refractivity contribution in [2.75, 3.05) is 0 Å². The molecule has 610 valence electrons. The van der Waals surface area contributed by atoms with Crippen molar-refractivity contribution >= 4 is 0 Å². The average Bonchev–Trinajstić information content (AvgIpc) is 1.58. The minimum absolute atomic E-state index is 0.00273. The number of para-hydroxylation sites is 5. The number of hydrogen-bond acceptors (Lipinski definition) is 5. The van der Waals surface area contributed by atoms with E-state index in [1.165, 1.54) is 124 Å². The fourth-order valence-electron chi connectivity index (χ4n) is 20.8. The van der Waals surface area contributed by atoms with Crippen molar-refractivity contribution in [3.05, 3.63) is 253 Å². The third-order valence-electron chi connectivity index (χ3n) is 31.4. The van der Waals surface area contributed by atoms with E-state index in [-0.39, 0.29) is 54.1 Å². The van der Waals surface area contributed by atoms with Gasteiger partial charge in [-0.15, -0.1) is 32.8 Å². The molecule has 0 fully saturated rings. The standard InChI is InChI=1S/C25H32N3.C23H28N3.2C18H26N3.C17H24N3/c1-9-25(7)23-26-22(19-14-16(2)13-17(3)15-19)27(8)28(23)21-18(4)11-10-12-20(21)24(25,5)6;1-7-23(5)21-24-20(17-13-9-8-10-14-17)25(6)26(21)19-16(2)12-11-15-18(19)22(23,3)4;2*1-8-18(6)16-19-13(3)20(7)21(16)15-12(2)10-9-11-14(15)17(18,4)5;1-7-17(5)15-18-11-19(6)20(15)14-12(2)9-8-10-13(14)16(17,3)4/h10-15H,9H2,1-8H3;8-15H,7H2,1-6H3;2*9-11H,8H2,1-7H3;8-11H,7H2,1-6H3/q5*+1. The van der Waals surface area contributed by atoms with Gasteiger partial charge in [0.15, 0.2) is 0 Å². The summed E-state index contributed by atoms with van der Waals surface area (Å²) in [4.78, 5) is 25.1. The third-order valence-corrected chi connectivity index (χ3v) is 31.4. The summed E-state index contributed by atoms with van der Waals surface area (Å²) in [7, 11) is 10.6. The first-order valence-corrected chi connectivity index (χ1v) is 42.8. The van der Waals surface area contributed by atoms with Crippen molar-refractivity contribution in [3.63, 3.8) is 0 Å². The Labute approximate surface area is 694 Å². The molecule has 116 heavy (non-hydrogen) atoms. The van der Waals surface area contributed by atoms with Crippen molar-refractivity contribution in [2.24, 2.45) is 35.2 Å². The van der Waals surface area contributed by atoms with Gasteiger partial charge in [0.2, 0.25) is 0 Å². The molecule has 0 bridgehead atoms. The van der Waals surface area contributed by atoms with E-state index >= 15 is 0 Å². The van der Waals surface area contributed by atoms with Crippen LogP contribution in [0, 0.1) is 62.3 Å². The summed E-state index contributed by atoms with van der Waals surface area (Å²) in [6.07, 6.45) is 7.23. The molecule has 0 saturated carbocycles. The second kappa shape index (κ2) is 29.1. The van der Waals surface area contributed by atoms with Gasteiger partial charge in [-0.05, 0) is 231 Å². The average molecular weight is 1560 g/mol. The van der Waals surface area contributed by atoms with Gasteiger partial charge in [-0.3, -0.25) is 0 Å². The van der Waals surface area contributed by atoms with Gasteiger partial charge in [0.05, 0.1) is 66.6 Å². The van der Waals surface area contributed by atoms with Crippen LogP contribution in [0.15, 0.2) is 146 Å². The lowest BCUT2D eigenvalue weighted by Gasteiger charge is -2.45. The molecule has 5 atom stereocenters. The molecule has 5 unspecified atom stereocenters. The van der Waals surface area contributed by atoms with Crippen LogP contribution >= 0.6 is 0 Å². The number of fused-ring (bicyclic) bond motifs is 15. The first kappa shape index (κ1) is 84.2. The van der Waals surface area contributed by atoms with E-state index in [1.54, 1.807) is 0 Å². The van der Waals surface area contributed by atoms with E-state index in [4.69, 9.17) is 24.9 Å². The van der Waals surface area contributed by atoms with Gasteiger partial charge in [-0.25, -0.2) is 0 Å². The van der Waals surface area contributed by atoms with Crippen LogP contribution in [0.5, 0.6) is 0 Å². The van der Waals surface area contributed by atoms with Crippen LogP contribution in [0.2, 0.25) is 0 Å². The summed E-state index contributed by atoms with van der Waals surface area (Å²) in [5.74, 6) is 10.1. The Morgan fingerprint density at radius 1 is 0.276 bits per heavy atom. The first-order valence-electron chi connectivity index (χ1n) is 42.8. The highest BCUT2D eigenvalue weighted by atomic mass is 15.5. The monoisotopic (exact) mass is 1560 g/mol. The first-order chi connectivity index (χ1) is 54.3. The molecule has 0 amide bonds. The Bertz CT molecular complexity index is 5690. The van der Waals surface area contributed by atoms with E-state index in [0.717, 1.165) is 66.8 Å². The quantitative estimate of drug-likeness (QED) is 0.148. The molecule has 7 aromatic carbocycles. The van der Waals surface area contributed by atoms with Gasteiger partial charge in [-0.1, -0.05) is 219 Å². The molecule has 0 saturated heterocycles. The lowest BCUT2D eigenvalue weighted by atomic mass is 9.59. The molecule has 10 heterocycles. The van der Waals surface area contributed by atoms with E-state index in [0.29, 0.717) is 0 Å². The van der Waals surface area contributed by atoms with Gasteiger partial charge in [-0.2, -0.15) is 14.0 Å². The van der Waals surface area contributed by atoms with Crippen LogP contribution in [0.1, 0.15) is 278 Å². The number of aromatic nitrogens is 15. The molecule has 5 aliphatic rings. The molecule has 0 aliphatic carbocycles. The molecule has 15 heteroatoms. The molecule has 5 aromatic heterocycles. The largest absolute Gasteiger partial charge is 0.351 e. The van der Waals surface area contributed by atoms with E-state index in [2.05, 4.69) is 422 Å². The second-order valence-corrected chi connectivity index (χ2v) is 38.4. The molecule has 0 spiro atoms. The number of nitrogens with zero attached hydrogens (tertiary/aromatic N) is 15. The zero-order valence-electron chi connectivity index (χ0n) is 77.1. The highest BCUT2D eigenvalue weighted by Gasteiger charge is 2.60. The SMILES string of the molecule is CCC1(C)c2nc(-c3cc(C)cc(C)c3)[n+](C)n2-c2c(C)cccc2C1(C)C.CCC1(C)c2nc(-c3ccccc3)[n+](C)n2-c2c(C)cccc2C1(C)C.CCC1(C)c2nc(C)[n+](C)n2-c2c(C)cccc2C1(C)C.CCC1(C)c2nc(C)[n+](C)n2-c2c(C)cccc2C1(C)C.CCC1(C)c2nc[n+](C)n2-c2c(C)cccc2C1(C)C. The lowest BCUT2D eigenvalue weighted by Crippen LogP contribution is -2.52. The Kier molecular flexibility index (Phi) is 21.1. The van der Waals surface area contributed by atoms with Crippen LogP contribution in [0.25, 0.3) is 51.2 Å². The van der Waals surface area contributed by atoms with Gasteiger partial charge < -0.3 is 0 Å². The lowest BCUT2D eigenvalue weighted by molar-refractivity contribution is -0.751. The van der Waals surface area contributed by atoms with Crippen LogP contribution in [-0.4, -0.2) is 48.3 Å². The summed E-state index contributed by atoms with van der Waals surface area (Å²) in [6, 6.07) is 50.6. The van der Waals surface area contributed by atoms with Crippen LogP contribution < -0.4 is 23.4 Å².